The van der Waals surface area contributed by atoms with Crippen molar-refractivity contribution in [2.24, 2.45) is 4.99 Å². The second-order valence-corrected chi connectivity index (χ2v) is 7.29. The van der Waals surface area contributed by atoms with Crippen molar-refractivity contribution in [1.82, 2.24) is 9.88 Å². The third-order valence-corrected chi connectivity index (χ3v) is 5.36. The number of allylic oxidation sites excluding steroid dienone is 2. The molecule has 2 aliphatic rings. The van der Waals surface area contributed by atoms with Crippen LogP contribution in [0.1, 0.15) is 50.9 Å². The van der Waals surface area contributed by atoms with Gasteiger partial charge in [0.05, 0.1) is 4.91 Å². The summed E-state index contributed by atoms with van der Waals surface area (Å²) in [5.74, 6) is 0.0488. The highest BCUT2D eigenvalue weighted by Crippen LogP contribution is 2.37. The number of amidine groups is 1. The molecule has 2 heterocycles. The maximum atomic E-state index is 12.8. The zero-order valence-corrected chi connectivity index (χ0v) is 15.5. The smallest absolute Gasteiger partial charge is 0.267 e. The molecule has 0 aromatic carbocycles. The molecule has 1 saturated heterocycles. The first-order valence-corrected chi connectivity index (χ1v) is 9.27. The minimum absolute atomic E-state index is 0.0488. The summed E-state index contributed by atoms with van der Waals surface area (Å²) < 4.78 is 0. The summed E-state index contributed by atoms with van der Waals surface area (Å²) in [4.78, 5) is 24.5. The third-order valence-electron chi connectivity index (χ3n) is 4.17. The van der Waals surface area contributed by atoms with Crippen LogP contribution >= 0.6 is 11.8 Å². The number of aromatic nitrogens is 1. The highest BCUT2D eigenvalue weighted by Gasteiger charge is 2.34. The Morgan fingerprint density at radius 2 is 2.25 bits per heavy atom. The van der Waals surface area contributed by atoms with Gasteiger partial charge in [-0.25, -0.2) is 0 Å². The Labute approximate surface area is 147 Å². The van der Waals surface area contributed by atoms with E-state index in [9.17, 15) is 4.79 Å². The zero-order chi connectivity index (χ0) is 17.3. The largest absolute Gasteiger partial charge is 0.287 e. The van der Waals surface area contributed by atoms with Gasteiger partial charge in [-0.2, -0.15) is 0 Å². The Bertz CT molecular complexity index is 762. The number of amides is 1. The Kier molecular flexibility index (Phi) is 4.90. The summed E-state index contributed by atoms with van der Waals surface area (Å²) in [6.07, 6.45) is 8.24. The van der Waals surface area contributed by atoms with Crippen molar-refractivity contribution in [3.8, 4) is 0 Å². The number of fused-ring (bicyclic) bond motifs is 1. The lowest BCUT2D eigenvalue weighted by molar-refractivity contribution is -0.122. The number of aryl methyl sites for hydroxylation is 1. The van der Waals surface area contributed by atoms with Crippen molar-refractivity contribution in [2.75, 3.05) is 6.54 Å². The van der Waals surface area contributed by atoms with Crippen LogP contribution in [-0.2, 0) is 11.2 Å². The number of likely N-dealkylation sites (N-methyl/N-ethyl adjacent to an activating group) is 1. The molecule has 4 nitrogen and oxygen atoms in total. The quantitative estimate of drug-likeness (QED) is 0.777. The minimum atomic E-state index is 0.0488. The molecule has 3 rings (SSSR count). The summed E-state index contributed by atoms with van der Waals surface area (Å²) in [5, 5.41) is 0.803. The molecule has 0 unspecified atom stereocenters. The molecule has 0 atom stereocenters. The Morgan fingerprint density at radius 1 is 1.46 bits per heavy atom. The third kappa shape index (κ3) is 3.18. The van der Waals surface area contributed by atoms with Gasteiger partial charge in [0.25, 0.3) is 5.91 Å². The standard InChI is InChI=1S/C19H23N3OS/c1-5-22-18(23)17(24-19(22)21-12(2)3)13(4)15-10-14-8-6-7-9-16(14)20-11-15/h6,8,10-12H,5,7,9H2,1-4H3/b17-13+,21-19?. The average Bonchev–Trinajstić information content (AvgIpc) is 2.88. The molecule has 24 heavy (non-hydrogen) atoms. The van der Waals surface area contributed by atoms with Crippen molar-refractivity contribution < 1.29 is 4.79 Å². The van der Waals surface area contributed by atoms with Gasteiger partial charge in [-0.05, 0) is 75.1 Å². The van der Waals surface area contributed by atoms with Gasteiger partial charge in [-0.15, -0.1) is 0 Å². The Hall–Kier alpha value is -1.88. The van der Waals surface area contributed by atoms with Gasteiger partial charge in [-0.3, -0.25) is 19.7 Å². The van der Waals surface area contributed by atoms with Gasteiger partial charge >= 0.3 is 0 Å². The van der Waals surface area contributed by atoms with Crippen molar-refractivity contribution >= 4 is 34.5 Å². The Morgan fingerprint density at radius 3 is 2.96 bits per heavy atom. The fraction of sp³-hybridized carbons (Fsp3) is 0.421. The number of hydrogen-bond donors (Lipinski definition) is 0. The topological polar surface area (TPSA) is 45.6 Å². The second-order valence-electron chi connectivity index (χ2n) is 6.31. The summed E-state index contributed by atoms with van der Waals surface area (Å²) in [7, 11) is 0. The molecule has 1 aromatic rings. The van der Waals surface area contributed by atoms with Crippen LogP contribution in [0.5, 0.6) is 0 Å². The van der Waals surface area contributed by atoms with E-state index in [1.165, 1.54) is 11.8 Å². The van der Waals surface area contributed by atoms with E-state index in [0.29, 0.717) is 6.54 Å². The maximum Gasteiger partial charge on any atom is 0.267 e. The van der Waals surface area contributed by atoms with Crippen molar-refractivity contribution in [3.05, 3.63) is 40.1 Å². The first-order valence-electron chi connectivity index (χ1n) is 8.45. The van der Waals surface area contributed by atoms with Gasteiger partial charge in [-0.1, -0.05) is 12.2 Å². The number of carbonyl (C=O) groups is 1. The van der Waals surface area contributed by atoms with Crippen LogP contribution in [0.4, 0.5) is 0 Å². The number of carbonyl (C=O) groups excluding carboxylic acids is 1. The van der Waals surface area contributed by atoms with E-state index in [2.05, 4.69) is 28.2 Å². The highest BCUT2D eigenvalue weighted by atomic mass is 32.2. The normalized spacial score (nSPS) is 21.0. The van der Waals surface area contributed by atoms with Gasteiger partial charge in [0.1, 0.15) is 0 Å². The minimum Gasteiger partial charge on any atom is -0.287 e. The molecular formula is C19H23N3OS. The lowest BCUT2D eigenvalue weighted by Gasteiger charge is -2.13. The number of hydrogen-bond acceptors (Lipinski definition) is 4. The lowest BCUT2D eigenvalue weighted by Crippen LogP contribution is -2.29. The summed E-state index contributed by atoms with van der Waals surface area (Å²) >= 11 is 1.48. The van der Waals surface area contributed by atoms with Crippen molar-refractivity contribution in [3.63, 3.8) is 0 Å². The van der Waals surface area contributed by atoms with E-state index in [4.69, 9.17) is 0 Å². The number of nitrogens with zero attached hydrogens (tertiary/aromatic N) is 3. The summed E-state index contributed by atoms with van der Waals surface area (Å²) in [6.45, 7) is 8.68. The van der Waals surface area contributed by atoms with Gasteiger partial charge in [0, 0.05) is 24.5 Å². The SMILES string of the molecule is CCN1C(=O)/C(=C(/C)c2cnc3c(c2)C=CCC3)SC1=NC(C)C. The van der Waals surface area contributed by atoms with Gasteiger partial charge < -0.3 is 0 Å². The molecule has 1 aromatic heterocycles. The van der Waals surface area contributed by atoms with Crippen LogP contribution in [0.2, 0.25) is 0 Å². The van der Waals surface area contributed by atoms with E-state index < -0.39 is 0 Å². The van der Waals surface area contributed by atoms with E-state index in [1.54, 1.807) is 4.90 Å². The first-order chi connectivity index (χ1) is 11.5. The predicted molar refractivity (Wildman–Crippen MR) is 102 cm³/mol. The molecule has 1 aliphatic heterocycles. The molecule has 1 fully saturated rings. The Balaban J connectivity index is 2.00. The van der Waals surface area contributed by atoms with E-state index in [-0.39, 0.29) is 11.9 Å². The molecule has 5 heteroatoms. The maximum absolute atomic E-state index is 12.8. The molecule has 0 bridgehead atoms. The van der Waals surface area contributed by atoms with E-state index >= 15 is 0 Å². The molecule has 0 N–H and O–H groups in total. The van der Waals surface area contributed by atoms with Crippen LogP contribution < -0.4 is 0 Å². The van der Waals surface area contributed by atoms with Crippen LogP contribution in [0, 0.1) is 0 Å². The van der Waals surface area contributed by atoms with Crippen LogP contribution in [0.15, 0.2) is 28.2 Å². The number of thioether (sulfide) groups is 1. The molecular weight excluding hydrogens is 318 g/mol. The lowest BCUT2D eigenvalue weighted by atomic mass is 9.99. The second kappa shape index (κ2) is 6.93. The molecule has 126 valence electrons. The van der Waals surface area contributed by atoms with E-state index in [0.717, 1.165) is 45.3 Å². The molecule has 1 amide bonds. The molecule has 1 aliphatic carbocycles. The number of rotatable bonds is 3. The van der Waals surface area contributed by atoms with Crippen LogP contribution in [0.25, 0.3) is 11.6 Å². The number of aliphatic imine (C=N–C) groups is 1. The van der Waals surface area contributed by atoms with Crippen LogP contribution in [0.3, 0.4) is 0 Å². The fourth-order valence-corrected chi connectivity index (χ4v) is 4.10. The highest BCUT2D eigenvalue weighted by molar-refractivity contribution is 8.18. The molecule has 0 spiro atoms. The van der Waals surface area contributed by atoms with Gasteiger partial charge in [0.2, 0.25) is 0 Å². The number of pyridine rings is 1. The monoisotopic (exact) mass is 341 g/mol. The van der Waals surface area contributed by atoms with E-state index in [1.807, 2.05) is 33.9 Å². The molecule has 0 saturated carbocycles. The first kappa shape index (κ1) is 17.0. The summed E-state index contributed by atoms with van der Waals surface area (Å²) in [6, 6.07) is 2.31. The van der Waals surface area contributed by atoms with Gasteiger partial charge in [0.15, 0.2) is 5.17 Å². The zero-order valence-electron chi connectivity index (χ0n) is 14.7. The predicted octanol–water partition coefficient (Wildman–Crippen LogP) is 4.13. The summed E-state index contributed by atoms with van der Waals surface area (Å²) in [5.41, 5.74) is 4.30. The molecule has 0 radical (unpaired) electrons. The van der Waals surface area contributed by atoms with Crippen molar-refractivity contribution in [1.29, 1.82) is 0 Å². The fourth-order valence-electron chi connectivity index (χ4n) is 2.86. The van der Waals surface area contributed by atoms with Crippen molar-refractivity contribution in [2.45, 2.75) is 46.6 Å². The van der Waals surface area contributed by atoms with Crippen LogP contribution in [-0.4, -0.2) is 33.5 Å². The average molecular weight is 341 g/mol.